The summed E-state index contributed by atoms with van der Waals surface area (Å²) in [7, 11) is 2.96. The minimum atomic E-state index is -0.516. The predicted molar refractivity (Wildman–Crippen MR) is 92.7 cm³/mol. The number of amides is 1. The van der Waals surface area contributed by atoms with Crippen LogP contribution in [0.15, 0.2) is 36.5 Å². The van der Waals surface area contributed by atoms with Crippen molar-refractivity contribution in [1.29, 1.82) is 0 Å². The van der Waals surface area contributed by atoms with E-state index in [1.54, 1.807) is 12.3 Å². The second-order valence-corrected chi connectivity index (χ2v) is 6.31. The molecule has 1 atom stereocenters. The fraction of sp³-hybridized carbons (Fsp3) is 0.368. The zero-order chi connectivity index (χ0) is 18.7. The molecule has 26 heavy (non-hydrogen) atoms. The third-order valence-corrected chi connectivity index (χ3v) is 4.64. The van der Waals surface area contributed by atoms with E-state index in [-0.39, 0.29) is 23.6 Å². The first kappa shape index (κ1) is 18.1. The fourth-order valence-electron chi connectivity index (χ4n) is 3.15. The number of nitrogens with zero attached hydrogens (tertiary/aromatic N) is 1. The Kier molecular flexibility index (Phi) is 5.37. The average Bonchev–Trinajstić information content (AvgIpc) is 2.63. The number of halogens is 1. The maximum absolute atomic E-state index is 13.6. The minimum Gasteiger partial charge on any atom is -0.496 e. The summed E-state index contributed by atoms with van der Waals surface area (Å²) >= 11 is 0. The Hall–Kier alpha value is -2.67. The van der Waals surface area contributed by atoms with Crippen molar-refractivity contribution in [2.75, 3.05) is 14.2 Å². The van der Waals surface area contributed by atoms with Gasteiger partial charge in [0, 0.05) is 12.3 Å². The quantitative estimate of drug-likeness (QED) is 0.827. The summed E-state index contributed by atoms with van der Waals surface area (Å²) in [5, 5.41) is 12.6. The average molecular weight is 360 g/mol. The molecule has 1 aliphatic carbocycles. The standard InChI is InChI=1S/C19H21FN2O4/c1-25-16-5-4-13(20)9-15(16)19(24)22-18(12-7-14(23)8-12)11-3-6-17(26-2)21-10-11/h3-6,9-10,12,14,18,23H,7-8H2,1-2H3,(H,22,24). The lowest BCUT2D eigenvalue weighted by atomic mass is 9.75. The third kappa shape index (κ3) is 3.77. The van der Waals surface area contributed by atoms with Crippen LogP contribution in [0.1, 0.15) is 34.8 Å². The van der Waals surface area contributed by atoms with Crippen molar-refractivity contribution in [1.82, 2.24) is 10.3 Å². The number of pyridine rings is 1. The lowest BCUT2D eigenvalue weighted by molar-refractivity contribution is 0.0234. The van der Waals surface area contributed by atoms with Crippen molar-refractivity contribution >= 4 is 5.91 Å². The molecule has 0 aliphatic heterocycles. The molecule has 0 radical (unpaired) electrons. The lowest BCUT2D eigenvalue weighted by Gasteiger charge is -2.38. The largest absolute Gasteiger partial charge is 0.496 e. The topological polar surface area (TPSA) is 80.7 Å². The van der Waals surface area contributed by atoms with Crippen LogP contribution in [0.25, 0.3) is 0 Å². The van der Waals surface area contributed by atoms with Gasteiger partial charge < -0.3 is 19.9 Å². The summed E-state index contributed by atoms with van der Waals surface area (Å²) in [6.07, 6.45) is 2.43. The monoisotopic (exact) mass is 360 g/mol. The molecule has 1 fully saturated rings. The van der Waals surface area contributed by atoms with Crippen LogP contribution in [-0.2, 0) is 0 Å². The number of nitrogens with one attached hydrogen (secondary N) is 1. The van der Waals surface area contributed by atoms with Gasteiger partial charge in [-0.3, -0.25) is 4.79 Å². The third-order valence-electron chi connectivity index (χ3n) is 4.64. The molecular formula is C19H21FN2O4. The zero-order valence-electron chi connectivity index (χ0n) is 14.6. The van der Waals surface area contributed by atoms with Crippen LogP contribution >= 0.6 is 0 Å². The molecule has 2 N–H and O–H groups in total. The van der Waals surface area contributed by atoms with Crippen molar-refractivity contribution < 1.29 is 23.8 Å². The van der Waals surface area contributed by atoms with Gasteiger partial charge >= 0.3 is 0 Å². The van der Waals surface area contributed by atoms with Crippen molar-refractivity contribution in [3.63, 3.8) is 0 Å². The van der Waals surface area contributed by atoms with Crippen molar-refractivity contribution in [2.45, 2.75) is 25.0 Å². The Morgan fingerprint density at radius 3 is 2.62 bits per heavy atom. The maximum atomic E-state index is 13.6. The smallest absolute Gasteiger partial charge is 0.255 e. The molecule has 1 saturated carbocycles. The van der Waals surface area contributed by atoms with E-state index >= 15 is 0 Å². The summed E-state index contributed by atoms with van der Waals surface area (Å²) in [5.41, 5.74) is 0.922. The Labute approximate surface area is 151 Å². The van der Waals surface area contributed by atoms with E-state index in [1.807, 2.05) is 6.07 Å². The van der Waals surface area contributed by atoms with E-state index < -0.39 is 11.7 Å². The number of ether oxygens (including phenoxy) is 2. The fourth-order valence-corrected chi connectivity index (χ4v) is 3.15. The number of rotatable bonds is 6. The molecular weight excluding hydrogens is 339 g/mol. The first-order chi connectivity index (χ1) is 12.5. The highest BCUT2D eigenvalue weighted by molar-refractivity contribution is 5.97. The van der Waals surface area contributed by atoms with Gasteiger partial charge in [-0.1, -0.05) is 6.07 Å². The Bertz CT molecular complexity index is 776. The van der Waals surface area contributed by atoms with E-state index in [1.165, 1.54) is 26.4 Å². The van der Waals surface area contributed by atoms with E-state index in [2.05, 4.69) is 10.3 Å². The number of aliphatic hydroxyl groups excluding tert-OH is 1. The van der Waals surface area contributed by atoms with Gasteiger partial charge in [0.25, 0.3) is 5.91 Å². The Balaban J connectivity index is 1.85. The van der Waals surface area contributed by atoms with Gasteiger partial charge in [-0.2, -0.15) is 0 Å². The molecule has 1 unspecified atom stereocenters. The molecule has 3 rings (SSSR count). The lowest BCUT2D eigenvalue weighted by Crippen LogP contribution is -2.41. The Morgan fingerprint density at radius 2 is 2.04 bits per heavy atom. The normalized spacial score (nSPS) is 20.0. The number of carbonyl (C=O) groups is 1. The van der Waals surface area contributed by atoms with Gasteiger partial charge in [0.2, 0.25) is 5.88 Å². The van der Waals surface area contributed by atoms with Crippen LogP contribution in [0.3, 0.4) is 0 Å². The van der Waals surface area contributed by atoms with Gasteiger partial charge in [0.15, 0.2) is 0 Å². The first-order valence-electron chi connectivity index (χ1n) is 8.34. The van der Waals surface area contributed by atoms with Gasteiger partial charge in [0.05, 0.1) is 31.9 Å². The summed E-state index contributed by atoms with van der Waals surface area (Å²) in [6.45, 7) is 0. The number of hydrogen-bond donors (Lipinski definition) is 2. The number of methoxy groups -OCH3 is 2. The van der Waals surface area contributed by atoms with Crippen molar-refractivity contribution in [2.24, 2.45) is 5.92 Å². The summed E-state index contributed by atoms with van der Waals surface area (Å²) in [6, 6.07) is 6.99. The highest BCUT2D eigenvalue weighted by atomic mass is 19.1. The Morgan fingerprint density at radius 1 is 1.27 bits per heavy atom. The second kappa shape index (κ2) is 7.70. The van der Waals surface area contributed by atoms with Crippen molar-refractivity contribution in [3.05, 3.63) is 53.5 Å². The summed E-state index contributed by atoms with van der Waals surface area (Å²) in [4.78, 5) is 16.9. The SMILES string of the molecule is COc1ccc(C(NC(=O)c2cc(F)ccc2OC)C2CC(O)C2)cn1. The summed E-state index contributed by atoms with van der Waals surface area (Å²) < 4.78 is 23.8. The molecule has 0 bridgehead atoms. The molecule has 1 aromatic heterocycles. The van der Waals surface area contributed by atoms with Crippen LogP contribution in [0.5, 0.6) is 11.6 Å². The molecule has 138 valence electrons. The maximum Gasteiger partial charge on any atom is 0.255 e. The van der Waals surface area contributed by atoms with E-state index in [4.69, 9.17) is 9.47 Å². The number of carbonyl (C=O) groups excluding carboxylic acids is 1. The molecule has 6 nitrogen and oxygen atoms in total. The molecule has 1 aliphatic rings. The molecule has 1 heterocycles. The van der Waals surface area contributed by atoms with Crippen LogP contribution in [0.4, 0.5) is 4.39 Å². The van der Waals surface area contributed by atoms with Gasteiger partial charge in [-0.05, 0) is 42.5 Å². The zero-order valence-corrected chi connectivity index (χ0v) is 14.6. The van der Waals surface area contributed by atoms with E-state index in [9.17, 15) is 14.3 Å². The van der Waals surface area contributed by atoms with Crippen LogP contribution in [0.2, 0.25) is 0 Å². The number of aromatic nitrogens is 1. The highest BCUT2D eigenvalue weighted by Crippen LogP contribution is 2.38. The van der Waals surface area contributed by atoms with Crippen LogP contribution < -0.4 is 14.8 Å². The molecule has 1 aromatic carbocycles. The number of aliphatic hydroxyl groups is 1. The van der Waals surface area contributed by atoms with E-state index in [0.29, 0.717) is 24.5 Å². The van der Waals surface area contributed by atoms with Gasteiger partial charge in [-0.15, -0.1) is 0 Å². The van der Waals surface area contributed by atoms with Crippen LogP contribution in [-0.4, -0.2) is 36.3 Å². The van der Waals surface area contributed by atoms with Crippen molar-refractivity contribution in [3.8, 4) is 11.6 Å². The predicted octanol–water partition coefficient (Wildman–Crippen LogP) is 2.48. The molecule has 2 aromatic rings. The molecule has 7 heteroatoms. The summed E-state index contributed by atoms with van der Waals surface area (Å²) in [5.74, 6) is -0.117. The first-order valence-corrected chi connectivity index (χ1v) is 8.34. The number of hydrogen-bond acceptors (Lipinski definition) is 5. The minimum absolute atomic E-state index is 0.0729. The molecule has 0 spiro atoms. The molecule has 1 amide bonds. The van der Waals surface area contributed by atoms with E-state index in [0.717, 1.165) is 11.6 Å². The van der Waals surface area contributed by atoms with Gasteiger partial charge in [0.1, 0.15) is 11.6 Å². The number of benzene rings is 1. The highest BCUT2D eigenvalue weighted by Gasteiger charge is 2.36. The van der Waals surface area contributed by atoms with Gasteiger partial charge in [-0.25, -0.2) is 9.37 Å². The molecule has 0 saturated heterocycles. The second-order valence-electron chi connectivity index (χ2n) is 6.31. The van der Waals surface area contributed by atoms with Crippen LogP contribution in [0, 0.1) is 11.7 Å².